The zero-order valence-corrected chi connectivity index (χ0v) is 10.7. The van der Waals surface area contributed by atoms with Crippen LogP contribution in [0.5, 0.6) is 0 Å². The van der Waals surface area contributed by atoms with Gasteiger partial charge in [0.2, 0.25) is 0 Å². The second kappa shape index (κ2) is 5.32. The van der Waals surface area contributed by atoms with Crippen LogP contribution >= 0.6 is 0 Å². The highest BCUT2D eigenvalue weighted by molar-refractivity contribution is 5.71. The van der Waals surface area contributed by atoms with Gasteiger partial charge in [0.05, 0.1) is 12.7 Å². The second-order valence-corrected chi connectivity index (χ2v) is 4.55. The maximum absolute atomic E-state index is 5.68. The molecule has 0 amide bonds. The molecule has 5 heteroatoms. The van der Waals surface area contributed by atoms with E-state index in [0.29, 0.717) is 12.3 Å². The monoisotopic (exact) mass is 256 g/mol. The molecule has 0 aliphatic carbocycles. The number of pyridine rings is 1. The molecule has 0 radical (unpaired) electrons. The quantitative estimate of drug-likeness (QED) is 0.781. The maximum Gasteiger partial charge on any atom is 0.180 e. The summed E-state index contributed by atoms with van der Waals surface area (Å²) in [4.78, 5) is 15.2. The Balaban J connectivity index is 1.76. The minimum atomic E-state index is 0.261. The number of fused-ring (bicyclic) bond motifs is 1. The summed E-state index contributed by atoms with van der Waals surface area (Å²) >= 11 is 0. The lowest BCUT2D eigenvalue weighted by molar-refractivity contribution is 0.0909. The zero-order valence-electron chi connectivity index (χ0n) is 10.7. The predicted octanol–water partition coefficient (Wildman–Crippen LogP) is 1.81. The van der Waals surface area contributed by atoms with Crippen LogP contribution in [0.1, 0.15) is 6.42 Å². The molecule has 1 aliphatic heterocycles. The smallest absolute Gasteiger partial charge is 0.180 e. The molecule has 98 valence electrons. The summed E-state index contributed by atoms with van der Waals surface area (Å²) in [5, 5.41) is 0. The summed E-state index contributed by atoms with van der Waals surface area (Å²) in [6.45, 7) is 6.10. The molecule has 0 aromatic carbocycles. The van der Waals surface area contributed by atoms with Gasteiger partial charge >= 0.3 is 0 Å². The molecule has 0 bridgehead atoms. The highest BCUT2D eigenvalue weighted by Crippen LogP contribution is 2.21. The van der Waals surface area contributed by atoms with E-state index in [-0.39, 0.29) is 6.10 Å². The number of rotatable bonds is 4. The van der Waals surface area contributed by atoms with Crippen LogP contribution < -0.4 is 4.90 Å². The van der Waals surface area contributed by atoms with Crippen molar-refractivity contribution in [2.24, 2.45) is 0 Å². The number of hydrogen-bond donors (Lipinski definition) is 0. The lowest BCUT2D eigenvalue weighted by Gasteiger charge is -2.17. The van der Waals surface area contributed by atoms with Gasteiger partial charge < -0.3 is 9.64 Å². The van der Waals surface area contributed by atoms with Gasteiger partial charge in [-0.05, 0) is 18.6 Å². The largest absolute Gasteiger partial charge is 0.372 e. The van der Waals surface area contributed by atoms with Crippen molar-refractivity contribution in [1.82, 2.24) is 15.0 Å². The van der Waals surface area contributed by atoms with Crippen molar-refractivity contribution in [2.75, 3.05) is 24.6 Å². The van der Waals surface area contributed by atoms with E-state index in [0.717, 1.165) is 30.8 Å². The van der Waals surface area contributed by atoms with Crippen LogP contribution in [0.3, 0.4) is 0 Å². The molecule has 1 unspecified atom stereocenters. The van der Waals surface area contributed by atoms with Crippen LogP contribution in [-0.2, 0) is 4.74 Å². The minimum Gasteiger partial charge on any atom is -0.372 e. The van der Waals surface area contributed by atoms with E-state index in [1.54, 1.807) is 18.5 Å². The molecule has 0 N–H and O–H groups in total. The highest BCUT2D eigenvalue weighted by Gasteiger charge is 2.23. The van der Waals surface area contributed by atoms with Crippen LogP contribution in [0.2, 0.25) is 0 Å². The first-order chi connectivity index (χ1) is 9.36. The van der Waals surface area contributed by atoms with Gasteiger partial charge in [-0.25, -0.2) is 9.97 Å². The molecule has 0 saturated carbocycles. The Labute approximate surface area is 112 Å². The van der Waals surface area contributed by atoms with Gasteiger partial charge in [0.1, 0.15) is 11.3 Å². The van der Waals surface area contributed by atoms with Crippen molar-refractivity contribution in [2.45, 2.75) is 12.5 Å². The average molecular weight is 256 g/mol. The van der Waals surface area contributed by atoms with Gasteiger partial charge in [0.25, 0.3) is 0 Å². The van der Waals surface area contributed by atoms with Crippen LogP contribution in [-0.4, -0.2) is 40.8 Å². The molecule has 0 spiro atoms. The molecule has 2 aromatic rings. The van der Waals surface area contributed by atoms with E-state index in [2.05, 4.69) is 26.4 Å². The number of ether oxygens (including phenoxy) is 1. The van der Waals surface area contributed by atoms with Crippen molar-refractivity contribution < 1.29 is 4.74 Å². The summed E-state index contributed by atoms with van der Waals surface area (Å²) in [6, 6.07) is 3.95. The van der Waals surface area contributed by atoms with Gasteiger partial charge in [-0.1, -0.05) is 6.08 Å². The van der Waals surface area contributed by atoms with E-state index in [1.807, 2.05) is 12.1 Å². The fraction of sp³-hybridized carbons (Fsp3) is 0.357. The first-order valence-electron chi connectivity index (χ1n) is 6.42. The van der Waals surface area contributed by atoms with Crippen molar-refractivity contribution in [1.29, 1.82) is 0 Å². The standard InChI is InChI=1S/C14H16N4O/c1-2-9-19-11-5-8-18(10-11)13-4-3-12-14(17-13)16-7-6-15-12/h2-4,6-7,11H,1,5,8-10H2. The number of hydrogen-bond acceptors (Lipinski definition) is 5. The molecular weight excluding hydrogens is 240 g/mol. The van der Waals surface area contributed by atoms with Gasteiger partial charge in [-0.3, -0.25) is 4.98 Å². The molecule has 3 heterocycles. The van der Waals surface area contributed by atoms with E-state index in [9.17, 15) is 0 Å². The fourth-order valence-electron chi connectivity index (χ4n) is 2.30. The zero-order chi connectivity index (χ0) is 13.1. The lowest BCUT2D eigenvalue weighted by Crippen LogP contribution is -2.23. The molecule has 1 saturated heterocycles. The van der Waals surface area contributed by atoms with Gasteiger partial charge in [0.15, 0.2) is 5.65 Å². The van der Waals surface area contributed by atoms with E-state index >= 15 is 0 Å². The van der Waals surface area contributed by atoms with Gasteiger partial charge in [-0.15, -0.1) is 6.58 Å². The van der Waals surface area contributed by atoms with Crippen molar-refractivity contribution in [3.8, 4) is 0 Å². The Morgan fingerprint density at radius 1 is 1.37 bits per heavy atom. The number of anilines is 1. The molecule has 3 rings (SSSR count). The minimum absolute atomic E-state index is 0.261. The van der Waals surface area contributed by atoms with E-state index in [1.165, 1.54) is 0 Å². The van der Waals surface area contributed by atoms with Crippen LogP contribution in [0.15, 0.2) is 37.2 Å². The molecule has 1 atom stereocenters. The van der Waals surface area contributed by atoms with E-state index < -0.39 is 0 Å². The lowest BCUT2D eigenvalue weighted by atomic mass is 10.3. The normalized spacial score (nSPS) is 18.9. The van der Waals surface area contributed by atoms with Crippen molar-refractivity contribution >= 4 is 17.0 Å². The van der Waals surface area contributed by atoms with Crippen molar-refractivity contribution in [3.63, 3.8) is 0 Å². The SMILES string of the molecule is C=CCOC1CCN(c2ccc3nccnc3n2)C1. The Bertz CT molecular complexity index is 586. The second-order valence-electron chi connectivity index (χ2n) is 4.55. The molecule has 5 nitrogen and oxygen atoms in total. The number of aromatic nitrogens is 3. The first kappa shape index (κ1) is 12.0. The fourth-order valence-corrected chi connectivity index (χ4v) is 2.30. The predicted molar refractivity (Wildman–Crippen MR) is 74.1 cm³/mol. The van der Waals surface area contributed by atoms with Gasteiger partial charge in [0, 0.05) is 25.5 Å². The third kappa shape index (κ3) is 2.56. The summed E-state index contributed by atoms with van der Waals surface area (Å²) < 4.78 is 5.68. The van der Waals surface area contributed by atoms with Gasteiger partial charge in [-0.2, -0.15) is 0 Å². The molecule has 1 aliphatic rings. The third-order valence-corrected chi connectivity index (χ3v) is 3.24. The van der Waals surface area contributed by atoms with Crippen LogP contribution in [0.4, 0.5) is 5.82 Å². The Morgan fingerprint density at radius 2 is 2.26 bits per heavy atom. The molecule has 19 heavy (non-hydrogen) atoms. The summed E-state index contributed by atoms with van der Waals surface area (Å²) in [5.41, 5.74) is 1.51. The first-order valence-corrected chi connectivity index (χ1v) is 6.42. The molecule has 1 fully saturated rings. The topological polar surface area (TPSA) is 51.1 Å². The summed E-state index contributed by atoms with van der Waals surface area (Å²) in [6.07, 6.45) is 6.41. The number of nitrogens with zero attached hydrogens (tertiary/aromatic N) is 4. The van der Waals surface area contributed by atoms with E-state index in [4.69, 9.17) is 4.74 Å². The Morgan fingerprint density at radius 3 is 3.16 bits per heavy atom. The van der Waals surface area contributed by atoms with Crippen molar-refractivity contribution in [3.05, 3.63) is 37.2 Å². The highest BCUT2D eigenvalue weighted by atomic mass is 16.5. The average Bonchev–Trinajstić information content (AvgIpc) is 2.93. The Hall–Kier alpha value is -2.01. The molecular formula is C14H16N4O. The maximum atomic E-state index is 5.68. The van der Waals surface area contributed by atoms with Crippen LogP contribution in [0.25, 0.3) is 11.2 Å². The molecule has 2 aromatic heterocycles. The summed E-state index contributed by atoms with van der Waals surface area (Å²) in [5.74, 6) is 0.942. The summed E-state index contributed by atoms with van der Waals surface area (Å²) in [7, 11) is 0. The van der Waals surface area contributed by atoms with Crippen LogP contribution in [0, 0.1) is 0 Å². The Kier molecular flexibility index (Phi) is 3.37. The third-order valence-electron chi connectivity index (χ3n) is 3.24.